The van der Waals surface area contributed by atoms with Gasteiger partial charge in [0.1, 0.15) is 5.52 Å². The van der Waals surface area contributed by atoms with E-state index in [9.17, 15) is 9.59 Å². The highest BCUT2D eigenvalue weighted by atomic mass is 32.1. The Labute approximate surface area is 182 Å². The van der Waals surface area contributed by atoms with Gasteiger partial charge < -0.3 is 19.1 Å². The lowest BCUT2D eigenvalue weighted by Crippen LogP contribution is -2.37. The molecule has 0 radical (unpaired) electrons. The molecular weight excluding hydrogens is 414 g/mol. The van der Waals surface area contributed by atoms with Crippen LogP contribution in [-0.2, 0) is 0 Å². The lowest BCUT2D eigenvalue weighted by atomic mass is 9.96. The zero-order valence-electron chi connectivity index (χ0n) is 17.0. The zero-order chi connectivity index (χ0) is 21.4. The molecule has 0 aliphatic carbocycles. The highest BCUT2D eigenvalue weighted by molar-refractivity contribution is 7.18. The van der Waals surface area contributed by atoms with E-state index < -0.39 is 0 Å². The number of benzene rings is 1. The third-order valence-corrected chi connectivity index (χ3v) is 6.68. The van der Waals surface area contributed by atoms with Crippen molar-refractivity contribution in [3.8, 4) is 0 Å². The summed E-state index contributed by atoms with van der Waals surface area (Å²) >= 11 is 1.29. The van der Waals surface area contributed by atoms with Crippen LogP contribution in [0.4, 0.5) is 5.00 Å². The van der Waals surface area contributed by atoms with E-state index in [0.29, 0.717) is 23.0 Å². The third-order valence-electron chi connectivity index (χ3n) is 5.54. The summed E-state index contributed by atoms with van der Waals surface area (Å²) in [6.07, 6.45) is 3.07. The number of hydrogen-bond donors (Lipinski definition) is 1. The molecule has 0 spiro atoms. The van der Waals surface area contributed by atoms with Gasteiger partial charge in [0.25, 0.3) is 11.8 Å². The molecule has 0 bridgehead atoms. The summed E-state index contributed by atoms with van der Waals surface area (Å²) in [5.74, 6) is 0.870. The number of thiophene rings is 1. The molecule has 7 nitrogen and oxygen atoms in total. The van der Waals surface area contributed by atoms with Gasteiger partial charge in [0.15, 0.2) is 17.2 Å². The molecule has 1 fully saturated rings. The number of aromatic nitrogens is 1. The summed E-state index contributed by atoms with van der Waals surface area (Å²) in [6.45, 7) is 3.18. The molecule has 1 aliphatic heterocycles. The highest BCUT2D eigenvalue weighted by Crippen LogP contribution is 2.33. The number of carbonyl (C=O) groups excluding carboxylic acids is 2. The first-order valence-electron chi connectivity index (χ1n) is 10.2. The Kier molecular flexibility index (Phi) is 5.07. The average Bonchev–Trinajstić information content (AvgIpc) is 3.53. The van der Waals surface area contributed by atoms with Crippen molar-refractivity contribution < 1.29 is 18.4 Å². The molecular formula is C23H21N3O4S. The molecule has 0 unspecified atom stereocenters. The summed E-state index contributed by atoms with van der Waals surface area (Å²) in [5.41, 5.74) is 2.52. The number of carbonyl (C=O) groups is 2. The number of nitrogens with zero attached hydrogens (tertiary/aromatic N) is 2. The van der Waals surface area contributed by atoms with Gasteiger partial charge in [0.05, 0.1) is 16.1 Å². The van der Waals surface area contributed by atoms with Crippen LogP contribution in [0.3, 0.4) is 0 Å². The lowest BCUT2D eigenvalue weighted by molar-refractivity contribution is 0.0711. The van der Waals surface area contributed by atoms with Crippen molar-refractivity contribution in [2.24, 2.45) is 0 Å². The van der Waals surface area contributed by atoms with Gasteiger partial charge in [-0.2, -0.15) is 0 Å². The number of piperidine rings is 1. The largest absolute Gasteiger partial charge is 0.459 e. The van der Waals surface area contributed by atoms with Gasteiger partial charge in [0, 0.05) is 19.0 Å². The number of anilines is 1. The third kappa shape index (κ3) is 3.86. The summed E-state index contributed by atoms with van der Waals surface area (Å²) in [4.78, 5) is 32.4. The van der Waals surface area contributed by atoms with Crippen LogP contribution in [0.2, 0.25) is 0 Å². The minimum Gasteiger partial charge on any atom is -0.459 e. The Balaban J connectivity index is 1.24. The molecule has 158 valence electrons. The van der Waals surface area contributed by atoms with Crippen molar-refractivity contribution in [2.45, 2.75) is 25.7 Å². The molecule has 0 atom stereocenters. The predicted octanol–water partition coefficient (Wildman–Crippen LogP) is 5.06. The van der Waals surface area contributed by atoms with Gasteiger partial charge in [-0.15, -0.1) is 11.3 Å². The Morgan fingerprint density at radius 2 is 1.97 bits per heavy atom. The lowest BCUT2D eigenvalue weighted by Gasteiger charge is -2.30. The number of para-hydroxylation sites is 2. The summed E-state index contributed by atoms with van der Waals surface area (Å²) in [7, 11) is 0. The standard InChI is InChI=1S/C23H21N3O4S/c1-14-13-19(25-21(27)18-7-4-12-29-18)31-20(14)23(28)26-10-8-15(9-11-26)22-24-16-5-2-3-6-17(16)30-22/h2-7,12-13,15H,8-11H2,1H3,(H,25,27). The summed E-state index contributed by atoms with van der Waals surface area (Å²) < 4.78 is 11.0. The van der Waals surface area contributed by atoms with Crippen molar-refractivity contribution in [2.75, 3.05) is 18.4 Å². The Bertz CT molecular complexity index is 1200. The van der Waals surface area contributed by atoms with Crippen LogP contribution in [0.1, 0.15) is 50.4 Å². The second kappa shape index (κ2) is 8.03. The normalized spacial score (nSPS) is 14.8. The molecule has 31 heavy (non-hydrogen) atoms. The number of nitrogens with one attached hydrogen (secondary N) is 1. The predicted molar refractivity (Wildman–Crippen MR) is 118 cm³/mol. The van der Waals surface area contributed by atoms with Crippen molar-refractivity contribution in [3.63, 3.8) is 0 Å². The van der Waals surface area contributed by atoms with Crippen molar-refractivity contribution >= 4 is 39.3 Å². The molecule has 5 rings (SSSR count). The number of fused-ring (bicyclic) bond motifs is 1. The fraction of sp³-hybridized carbons (Fsp3) is 0.261. The fourth-order valence-electron chi connectivity index (χ4n) is 3.88. The van der Waals surface area contributed by atoms with Crippen LogP contribution in [-0.4, -0.2) is 34.8 Å². The first-order valence-corrected chi connectivity index (χ1v) is 11.0. The van der Waals surface area contributed by atoms with E-state index in [1.807, 2.05) is 42.2 Å². The number of furan rings is 1. The van der Waals surface area contributed by atoms with Crippen LogP contribution >= 0.6 is 11.3 Å². The average molecular weight is 436 g/mol. The van der Waals surface area contributed by atoms with Gasteiger partial charge >= 0.3 is 0 Å². The van der Waals surface area contributed by atoms with Crippen molar-refractivity contribution in [1.29, 1.82) is 0 Å². The topological polar surface area (TPSA) is 88.6 Å². The second-order valence-electron chi connectivity index (χ2n) is 7.64. The molecule has 1 aliphatic rings. The van der Waals surface area contributed by atoms with Crippen LogP contribution in [0.15, 0.2) is 57.6 Å². The molecule has 2 amide bonds. The molecule has 4 heterocycles. The first-order chi connectivity index (χ1) is 15.1. The van der Waals surface area contributed by atoms with Crippen LogP contribution in [0.25, 0.3) is 11.1 Å². The number of aryl methyl sites for hydroxylation is 1. The molecule has 3 aromatic heterocycles. The van der Waals surface area contributed by atoms with E-state index in [-0.39, 0.29) is 23.5 Å². The quantitative estimate of drug-likeness (QED) is 0.484. The summed E-state index contributed by atoms with van der Waals surface area (Å²) in [5, 5.41) is 3.43. The monoisotopic (exact) mass is 435 g/mol. The smallest absolute Gasteiger partial charge is 0.291 e. The SMILES string of the molecule is Cc1cc(NC(=O)c2ccco2)sc1C(=O)N1CCC(c2nc3ccccc3o2)CC1. The Hall–Kier alpha value is -3.39. The van der Waals surface area contributed by atoms with Crippen molar-refractivity contribution in [3.05, 3.63) is 70.8 Å². The van der Waals surface area contributed by atoms with E-state index in [1.165, 1.54) is 17.6 Å². The maximum Gasteiger partial charge on any atom is 0.291 e. The Morgan fingerprint density at radius 3 is 2.71 bits per heavy atom. The van der Waals surface area contributed by atoms with Gasteiger partial charge in [-0.05, 0) is 55.7 Å². The second-order valence-corrected chi connectivity index (χ2v) is 8.69. The number of rotatable bonds is 4. The summed E-state index contributed by atoms with van der Waals surface area (Å²) in [6, 6.07) is 12.8. The fourth-order valence-corrected chi connectivity index (χ4v) is 4.91. The van der Waals surface area contributed by atoms with E-state index in [1.54, 1.807) is 12.1 Å². The first kappa shape index (κ1) is 19.6. The van der Waals surface area contributed by atoms with Crippen LogP contribution in [0, 0.1) is 6.92 Å². The van der Waals surface area contributed by atoms with E-state index in [4.69, 9.17) is 8.83 Å². The molecule has 0 saturated carbocycles. The number of oxazole rings is 1. The zero-order valence-corrected chi connectivity index (χ0v) is 17.8. The van der Waals surface area contributed by atoms with Gasteiger partial charge in [-0.25, -0.2) is 4.98 Å². The molecule has 1 aromatic carbocycles. The van der Waals surface area contributed by atoms with Crippen molar-refractivity contribution in [1.82, 2.24) is 9.88 Å². The molecule has 8 heteroatoms. The highest BCUT2D eigenvalue weighted by Gasteiger charge is 2.29. The molecule has 1 saturated heterocycles. The van der Waals surface area contributed by atoms with E-state index in [2.05, 4.69) is 10.3 Å². The number of hydrogen-bond acceptors (Lipinski definition) is 6. The van der Waals surface area contributed by atoms with E-state index >= 15 is 0 Å². The van der Waals surface area contributed by atoms with Gasteiger partial charge in [0.2, 0.25) is 0 Å². The van der Waals surface area contributed by atoms with Crippen LogP contribution in [0.5, 0.6) is 0 Å². The van der Waals surface area contributed by atoms with E-state index in [0.717, 1.165) is 35.4 Å². The van der Waals surface area contributed by atoms with Crippen LogP contribution < -0.4 is 5.32 Å². The molecule has 1 N–H and O–H groups in total. The number of likely N-dealkylation sites (tertiary alicyclic amines) is 1. The van der Waals surface area contributed by atoms with Gasteiger partial charge in [-0.3, -0.25) is 9.59 Å². The maximum absolute atomic E-state index is 13.1. The minimum absolute atomic E-state index is 0.00277. The Morgan fingerprint density at radius 1 is 1.16 bits per heavy atom. The molecule has 4 aromatic rings. The maximum atomic E-state index is 13.1. The van der Waals surface area contributed by atoms with Gasteiger partial charge in [-0.1, -0.05) is 12.1 Å². The minimum atomic E-state index is -0.329. The number of amides is 2.